The van der Waals surface area contributed by atoms with Crippen LogP contribution in [-0.4, -0.2) is 18.1 Å². The second kappa shape index (κ2) is 6.22. The molecule has 0 bridgehead atoms. The van der Waals surface area contributed by atoms with Crippen LogP contribution in [0.2, 0.25) is 0 Å². The second-order valence-electron chi connectivity index (χ2n) is 3.64. The number of hydrogen-bond acceptors (Lipinski definition) is 4. The monoisotopic (exact) mass is 249 g/mol. The van der Waals surface area contributed by atoms with E-state index in [1.54, 1.807) is 0 Å². The fraction of sp³-hybridized carbons (Fsp3) is 0.250. The molecule has 0 unspecified atom stereocenters. The van der Waals surface area contributed by atoms with Crippen molar-refractivity contribution >= 4 is 17.0 Å². The Bertz CT molecular complexity index is 492. The van der Waals surface area contributed by atoms with Crippen molar-refractivity contribution in [1.82, 2.24) is 10.3 Å². The van der Waals surface area contributed by atoms with Crippen LogP contribution in [0.25, 0.3) is 0 Å². The molecular weight excluding hydrogens is 234 g/mol. The molecule has 0 saturated heterocycles. The molecule has 5 heteroatoms. The first-order chi connectivity index (χ1) is 8.34. The Morgan fingerprint density at radius 2 is 2.00 bits per heavy atom. The van der Waals surface area contributed by atoms with E-state index >= 15 is 0 Å². The molecule has 0 radical (unpaired) electrons. The van der Waals surface area contributed by atoms with Gasteiger partial charge in [-0.3, -0.25) is 4.79 Å². The first-order valence-electron chi connectivity index (χ1n) is 5.51. The largest absolute Gasteiger partial charge is 0.384 e. The summed E-state index contributed by atoms with van der Waals surface area (Å²) in [5.74, 6) is 0. The van der Waals surface area contributed by atoms with Crippen molar-refractivity contribution in [2.45, 2.75) is 6.54 Å². The summed E-state index contributed by atoms with van der Waals surface area (Å²) in [5, 5.41) is 8.41. The first-order valence-corrected chi connectivity index (χ1v) is 6.39. The molecule has 2 aromatic rings. The normalized spacial score (nSPS) is 10.4. The molecule has 90 valence electrons. The van der Waals surface area contributed by atoms with Gasteiger partial charge in [0.1, 0.15) is 0 Å². The number of aromatic nitrogens is 1. The zero-order valence-electron chi connectivity index (χ0n) is 9.40. The number of rotatable bonds is 6. The van der Waals surface area contributed by atoms with Crippen molar-refractivity contribution in [3.05, 3.63) is 51.1 Å². The maximum Gasteiger partial charge on any atom is 0.304 e. The van der Waals surface area contributed by atoms with E-state index in [1.165, 1.54) is 11.3 Å². The molecule has 1 aromatic heterocycles. The third kappa shape index (κ3) is 4.05. The molecule has 4 nitrogen and oxygen atoms in total. The Hall–Kier alpha value is -1.59. The predicted molar refractivity (Wildman–Crippen MR) is 71.6 cm³/mol. The van der Waals surface area contributed by atoms with Crippen molar-refractivity contribution < 1.29 is 0 Å². The number of aromatic amines is 1. The highest BCUT2D eigenvalue weighted by Gasteiger charge is 1.95. The number of benzene rings is 1. The minimum absolute atomic E-state index is 0.00390. The quantitative estimate of drug-likeness (QED) is 0.682. The third-order valence-corrected chi connectivity index (χ3v) is 3.01. The number of para-hydroxylation sites is 1. The van der Waals surface area contributed by atoms with Crippen LogP contribution in [0, 0.1) is 0 Å². The van der Waals surface area contributed by atoms with Gasteiger partial charge in [0.15, 0.2) is 0 Å². The van der Waals surface area contributed by atoms with Gasteiger partial charge in [-0.2, -0.15) is 0 Å². The highest BCUT2D eigenvalue weighted by Crippen LogP contribution is 2.03. The molecule has 2 rings (SSSR count). The van der Waals surface area contributed by atoms with Crippen LogP contribution in [0.15, 0.2) is 40.5 Å². The van der Waals surface area contributed by atoms with Gasteiger partial charge < -0.3 is 15.6 Å². The third-order valence-electron chi connectivity index (χ3n) is 2.29. The summed E-state index contributed by atoms with van der Waals surface area (Å²) in [5.41, 5.74) is 2.07. The Balaban J connectivity index is 1.62. The summed E-state index contributed by atoms with van der Waals surface area (Å²) in [6, 6.07) is 10.1. The summed E-state index contributed by atoms with van der Waals surface area (Å²) in [6.45, 7) is 2.42. The molecular formula is C12H15N3OS. The van der Waals surface area contributed by atoms with Gasteiger partial charge in [0, 0.05) is 36.4 Å². The number of H-pyrrole nitrogens is 1. The molecule has 0 aliphatic rings. The van der Waals surface area contributed by atoms with Gasteiger partial charge in [-0.1, -0.05) is 29.5 Å². The van der Waals surface area contributed by atoms with Crippen LogP contribution in [0.5, 0.6) is 0 Å². The van der Waals surface area contributed by atoms with Gasteiger partial charge in [0.05, 0.1) is 0 Å². The van der Waals surface area contributed by atoms with Crippen LogP contribution < -0.4 is 15.5 Å². The summed E-state index contributed by atoms with van der Waals surface area (Å²) in [7, 11) is 0. The minimum atomic E-state index is 0.00390. The van der Waals surface area contributed by atoms with Gasteiger partial charge in [-0.15, -0.1) is 0 Å². The molecule has 0 aliphatic heterocycles. The maximum atomic E-state index is 10.9. The summed E-state index contributed by atoms with van der Waals surface area (Å²) >= 11 is 1.20. The van der Waals surface area contributed by atoms with Crippen LogP contribution >= 0.6 is 11.3 Å². The SMILES string of the molecule is O=c1[nH]c(CNCCNc2ccccc2)cs1. The van der Waals surface area contributed by atoms with Gasteiger partial charge in [0.2, 0.25) is 0 Å². The summed E-state index contributed by atoms with van der Waals surface area (Å²) in [6.07, 6.45) is 0. The van der Waals surface area contributed by atoms with E-state index in [9.17, 15) is 4.79 Å². The van der Waals surface area contributed by atoms with Gasteiger partial charge in [0.25, 0.3) is 0 Å². The molecule has 0 fully saturated rings. The molecule has 17 heavy (non-hydrogen) atoms. The number of nitrogens with one attached hydrogen (secondary N) is 3. The highest BCUT2D eigenvalue weighted by atomic mass is 32.1. The van der Waals surface area contributed by atoms with E-state index in [0.29, 0.717) is 6.54 Å². The van der Waals surface area contributed by atoms with Crippen molar-refractivity contribution in [3.63, 3.8) is 0 Å². The minimum Gasteiger partial charge on any atom is -0.384 e. The lowest BCUT2D eigenvalue weighted by molar-refractivity contribution is 0.695. The maximum absolute atomic E-state index is 10.9. The lowest BCUT2D eigenvalue weighted by Crippen LogP contribution is -2.22. The molecule has 0 spiro atoms. The standard InChI is InChI=1S/C12H15N3OS/c16-12-15-11(9-17-12)8-13-6-7-14-10-4-2-1-3-5-10/h1-5,9,13-14H,6-8H2,(H,15,16). The lowest BCUT2D eigenvalue weighted by atomic mass is 10.3. The Morgan fingerprint density at radius 1 is 1.18 bits per heavy atom. The Kier molecular flexibility index (Phi) is 4.35. The summed E-state index contributed by atoms with van der Waals surface area (Å²) < 4.78 is 0. The molecule has 0 amide bonds. The van der Waals surface area contributed by atoms with E-state index in [0.717, 1.165) is 24.5 Å². The first kappa shape index (κ1) is 11.9. The molecule has 0 atom stereocenters. The average Bonchev–Trinajstić information content (AvgIpc) is 2.76. The van der Waals surface area contributed by atoms with Crippen LogP contribution in [0.3, 0.4) is 0 Å². The second-order valence-corrected chi connectivity index (χ2v) is 4.49. The summed E-state index contributed by atoms with van der Waals surface area (Å²) in [4.78, 5) is 13.7. The fourth-order valence-corrected chi connectivity index (χ4v) is 2.06. The molecule has 0 aliphatic carbocycles. The van der Waals surface area contributed by atoms with Crippen molar-refractivity contribution in [2.75, 3.05) is 18.4 Å². The topological polar surface area (TPSA) is 56.9 Å². The van der Waals surface area contributed by atoms with E-state index < -0.39 is 0 Å². The average molecular weight is 249 g/mol. The van der Waals surface area contributed by atoms with Crippen LogP contribution in [-0.2, 0) is 6.54 Å². The van der Waals surface area contributed by atoms with Crippen LogP contribution in [0.1, 0.15) is 5.69 Å². The highest BCUT2D eigenvalue weighted by molar-refractivity contribution is 7.07. The van der Waals surface area contributed by atoms with Crippen molar-refractivity contribution in [3.8, 4) is 0 Å². The van der Waals surface area contributed by atoms with E-state index in [1.807, 2.05) is 35.7 Å². The van der Waals surface area contributed by atoms with Gasteiger partial charge in [-0.25, -0.2) is 0 Å². The van der Waals surface area contributed by atoms with Crippen LogP contribution in [0.4, 0.5) is 5.69 Å². The predicted octanol–water partition coefficient (Wildman–Crippen LogP) is 1.64. The Labute approximate surface area is 104 Å². The van der Waals surface area contributed by atoms with E-state index in [4.69, 9.17) is 0 Å². The van der Waals surface area contributed by atoms with E-state index in [2.05, 4.69) is 15.6 Å². The molecule has 0 saturated carbocycles. The number of hydrogen-bond donors (Lipinski definition) is 3. The van der Waals surface area contributed by atoms with Crippen molar-refractivity contribution in [1.29, 1.82) is 0 Å². The molecule has 1 aromatic carbocycles. The smallest absolute Gasteiger partial charge is 0.304 e. The molecule has 1 heterocycles. The number of thiazole rings is 1. The van der Waals surface area contributed by atoms with Gasteiger partial charge >= 0.3 is 4.87 Å². The van der Waals surface area contributed by atoms with Gasteiger partial charge in [-0.05, 0) is 12.1 Å². The fourth-order valence-electron chi connectivity index (χ4n) is 1.47. The Morgan fingerprint density at radius 3 is 2.71 bits per heavy atom. The van der Waals surface area contributed by atoms with E-state index in [-0.39, 0.29) is 4.87 Å². The number of anilines is 1. The molecule has 3 N–H and O–H groups in total. The lowest BCUT2D eigenvalue weighted by Gasteiger charge is -2.06. The zero-order chi connectivity index (χ0) is 11.9. The van der Waals surface area contributed by atoms with Crippen molar-refractivity contribution in [2.24, 2.45) is 0 Å². The zero-order valence-corrected chi connectivity index (χ0v) is 10.2.